The summed E-state index contributed by atoms with van der Waals surface area (Å²) >= 11 is 0. The van der Waals surface area contributed by atoms with E-state index in [0.29, 0.717) is 28.1 Å². The molecule has 9 heteroatoms. The van der Waals surface area contributed by atoms with Crippen molar-refractivity contribution in [3.63, 3.8) is 0 Å². The van der Waals surface area contributed by atoms with Gasteiger partial charge in [-0.3, -0.25) is 4.98 Å². The molecule has 7 nitrogen and oxygen atoms in total. The second kappa shape index (κ2) is 7.88. The Morgan fingerprint density at radius 3 is 2.20 bits per heavy atom. The molecule has 30 heavy (non-hydrogen) atoms. The van der Waals surface area contributed by atoms with Crippen molar-refractivity contribution >= 4 is 21.7 Å². The highest BCUT2D eigenvalue weighted by Gasteiger charge is 2.18. The summed E-state index contributed by atoms with van der Waals surface area (Å²) in [5.74, 6) is -0.456. The van der Waals surface area contributed by atoms with Crippen LogP contribution < -0.4 is 10.5 Å². The number of nitrogens with two attached hydrogens (primary N) is 1. The number of nitrogens with one attached hydrogen (secondary N) is 1. The Morgan fingerprint density at radius 1 is 0.867 bits per heavy atom. The number of pyridine rings is 1. The van der Waals surface area contributed by atoms with E-state index in [2.05, 4.69) is 19.7 Å². The summed E-state index contributed by atoms with van der Waals surface area (Å²) in [5.41, 5.74) is 8.57. The lowest BCUT2D eigenvalue weighted by Gasteiger charge is -2.12. The van der Waals surface area contributed by atoms with Gasteiger partial charge in [0, 0.05) is 35.4 Å². The van der Waals surface area contributed by atoms with Gasteiger partial charge in [-0.25, -0.2) is 27.5 Å². The number of hydrogen-bond donors (Lipinski definition) is 2. The smallest absolute Gasteiger partial charge is 0.264 e. The Hall–Kier alpha value is -3.85. The van der Waals surface area contributed by atoms with Crippen LogP contribution in [0.1, 0.15) is 0 Å². The van der Waals surface area contributed by atoms with Crippen molar-refractivity contribution in [2.45, 2.75) is 4.90 Å². The van der Waals surface area contributed by atoms with Crippen LogP contribution >= 0.6 is 0 Å². The van der Waals surface area contributed by atoms with Crippen LogP contribution in [0.5, 0.6) is 0 Å². The van der Waals surface area contributed by atoms with Gasteiger partial charge in [0.05, 0.1) is 10.6 Å². The largest absolute Gasteiger partial charge is 0.399 e. The minimum Gasteiger partial charge on any atom is -0.399 e. The highest BCUT2D eigenvalue weighted by atomic mass is 32.2. The molecule has 0 unspecified atom stereocenters. The highest BCUT2D eigenvalue weighted by Crippen LogP contribution is 2.31. The summed E-state index contributed by atoms with van der Waals surface area (Å²) in [7, 11) is -3.90. The number of sulfonamides is 1. The number of hydrogen-bond acceptors (Lipinski definition) is 6. The van der Waals surface area contributed by atoms with Crippen LogP contribution in [0, 0.1) is 5.82 Å². The third-order valence-corrected chi connectivity index (χ3v) is 5.66. The molecule has 0 aliphatic heterocycles. The predicted molar refractivity (Wildman–Crippen MR) is 112 cm³/mol. The first kappa shape index (κ1) is 19.5. The molecule has 3 N–H and O–H groups in total. The van der Waals surface area contributed by atoms with Gasteiger partial charge in [0.15, 0.2) is 0 Å². The fourth-order valence-corrected chi connectivity index (χ4v) is 3.78. The Morgan fingerprint density at radius 2 is 1.53 bits per heavy atom. The van der Waals surface area contributed by atoms with Crippen molar-refractivity contribution in [3.05, 3.63) is 85.1 Å². The molecule has 2 aromatic carbocycles. The van der Waals surface area contributed by atoms with Crippen LogP contribution in [-0.2, 0) is 10.0 Å². The van der Waals surface area contributed by atoms with E-state index in [0.717, 1.165) is 0 Å². The molecule has 4 rings (SSSR count). The fraction of sp³-hybridized carbons (Fsp3) is 0. The molecule has 0 aliphatic rings. The number of rotatable bonds is 5. The SMILES string of the molecule is Nc1ccc(S(=O)(=O)Nc2ncc(-c3ccc(F)cc3)c(-c3ccncc3)n2)cc1. The van der Waals surface area contributed by atoms with Gasteiger partial charge in [0.25, 0.3) is 10.0 Å². The van der Waals surface area contributed by atoms with E-state index in [9.17, 15) is 12.8 Å². The first-order chi connectivity index (χ1) is 14.4. The van der Waals surface area contributed by atoms with E-state index in [1.165, 1.54) is 42.6 Å². The van der Waals surface area contributed by atoms with E-state index >= 15 is 0 Å². The van der Waals surface area contributed by atoms with Crippen molar-refractivity contribution in [1.82, 2.24) is 15.0 Å². The Labute approximate surface area is 172 Å². The molecule has 0 amide bonds. The third kappa shape index (κ3) is 4.11. The topological polar surface area (TPSA) is 111 Å². The van der Waals surface area contributed by atoms with Crippen LogP contribution in [0.3, 0.4) is 0 Å². The number of benzene rings is 2. The first-order valence-electron chi connectivity index (χ1n) is 8.84. The minimum absolute atomic E-state index is 0.0355. The molecule has 0 bridgehead atoms. The van der Waals surface area contributed by atoms with Crippen molar-refractivity contribution in [2.75, 3.05) is 10.5 Å². The molecule has 0 spiro atoms. The molecular formula is C21H16FN5O2S. The Bertz CT molecular complexity index is 1280. The van der Waals surface area contributed by atoms with Crippen LogP contribution in [0.25, 0.3) is 22.4 Å². The summed E-state index contributed by atoms with van der Waals surface area (Å²) < 4.78 is 41.1. The van der Waals surface area contributed by atoms with Gasteiger partial charge >= 0.3 is 0 Å². The number of nitrogen functional groups attached to an aromatic ring is 1. The summed E-state index contributed by atoms with van der Waals surface area (Å²) in [6, 6.07) is 15.2. The van der Waals surface area contributed by atoms with Crippen molar-refractivity contribution in [1.29, 1.82) is 0 Å². The molecule has 0 saturated carbocycles. The lowest BCUT2D eigenvalue weighted by molar-refractivity contribution is 0.601. The van der Waals surface area contributed by atoms with Crippen LogP contribution in [0.2, 0.25) is 0 Å². The zero-order valence-corrected chi connectivity index (χ0v) is 16.3. The van der Waals surface area contributed by atoms with E-state index in [-0.39, 0.29) is 16.7 Å². The van der Waals surface area contributed by atoms with Gasteiger partial charge in [-0.1, -0.05) is 12.1 Å². The summed E-state index contributed by atoms with van der Waals surface area (Å²) in [6.07, 6.45) is 4.70. The quantitative estimate of drug-likeness (QED) is 0.475. The number of nitrogens with zero attached hydrogens (tertiary/aromatic N) is 3. The molecule has 0 aliphatic carbocycles. The van der Waals surface area contributed by atoms with Crippen molar-refractivity contribution in [3.8, 4) is 22.4 Å². The molecular weight excluding hydrogens is 405 g/mol. The molecule has 0 fully saturated rings. The van der Waals surface area contributed by atoms with E-state index < -0.39 is 10.0 Å². The molecule has 0 saturated heterocycles. The maximum absolute atomic E-state index is 13.3. The highest BCUT2D eigenvalue weighted by molar-refractivity contribution is 7.92. The van der Waals surface area contributed by atoms with Crippen molar-refractivity contribution in [2.24, 2.45) is 0 Å². The zero-order chi connectivity index (χ0) is 21.1. The maximum atomic E-state index is 13.3. The minimum atomic E-state index is -3.90. The summed E-state index contributed by atoms with van der Waals surface area (Å²) in [6.45, 7) is 0. The zero-order valence-electron chi connectivity index (χ0n) is 15.5. The number of aromatic nitrogens is 3. The van der Waals surface area contributed by atoms with E-state index in [4.69, 9.17) is 5.73 Å². The van der Waals surface area contributed by atoms with Crippen LogP contribution in [0.15, 0.2) is 84.1 Å². The van der Waals surface area contributed by atoms with Gasteiger partial charge < -0.3 is 5.73 Å². The molecule has 2 aromatic heterocycles. The fourth-order valence-electron chi connectivity index (χ4n) is 2.83. The normalized spacial score (nSPS) is 11.2. The lowest BCUT2D eigenvalue weighted by atomic mass is 10.0. The predicted octanol–water partition coefficient (Wildman–Crippen LogP) is 3.73. The summed E-state index contributed by atoms with van der Waals surface area (Å²) in [5, 5.41) is 0. The average molecular weight is 421 g/mol. The monoisotopic (exact) mass is 421 g/mol. The van der Waals surface area contributed by atoms with Crippen LogP contribution in [-0.4, -0.2) is 23.4 Å². The van der Waals surface area contributed by atoms with Gasteiger partial charge in [-0.05, 0) is 54.1 Å². The third-order valence-electron chi connectivity index (χ3n) is 4.31. The van der Waals surface area contributed by atoms with Gasteiger partial charge in [0.2, 0.25) is 5.95 Å². The molecule has 0 atom stereocenters. The maximum Gasteiger partial charge on any atom is 0.264 e. The van der Waals surface area contributed by atoms with Gasteiger partial charge in [-0.15, -0.1) is 0 Å². The first-order valence-corrected chi connectivity index (χ1v) is 10.3. The van der Waals surface area contributed by atoms with E-state index in [1.807, 2.05) is 0 Å². The lowest BCUT2D eigenvalue weighted by Crippen LogP contribution is -2.15. The molecule has 2 heterocycles. The summed E-state index contributed by atoms with van der Waals surface area (Å²) in [4.78, 5) is 12.6. The molecule has 150 valence electrons. The Balaban J connectivity index is 1.77. The second-order valence-corrected chi connectivity index (χ2v) is 8.06. The number of anilines is 2. The standard InChI is InChI=1S/C21H16FN5O2S/c22-16-3-1-14(2-4-16)19-13-25-21(26-20(19)15-9-11-24-12-10-15)27-30(28,29)18-7-5-17(23)6-8-18/h1-13H,23H2,(H,25,26,27). The molecule has 0 radical (unpaired) electrons. The van der Waals surface area contributed by atoms with E-state index in [1.54, 1.807) is 36.7 Å². The average Bonchev–Trinajstić information content (AvgIpc) is 2.75. The number of halogens is 1. The Kier molecular flexibility index (Phi) is 5.11. The molecule has 4 aromatic rings. The van der Waals surface area contributed by atoms with Crippen molar-refractivity contribution < 1.29 is 12.8 Å². The van der Waals surface area contributed by atoms with Crippen LogP contribution in [0.4, 0.5) is 16.0 Å². The van der Waals surface area contributed by atoms with Gasteiger partial charge in [0.1, 0.15) is 5.82 Å². The van der Waals surface area contributed by atoms with Gasteiger partial charge in [-0.2, -0.15) is 0 Å². The second-order valence-electron chi connectivity index (χ2n) is 6.37.